The van der Waals surface area contributed by atoms with Crippen LogP contribution in [0.25, 0.3) is 0 Å². The molecule has 1 rings (SSSR count). The number of carbonyl (C=O) groups excluding carboxylic acids is 1. The number of amides is 1. The molecule has 0 saturated carbocycles. The summed E-state index contributed by atoms with van der Waals surface area (Å²) in [7, 11) is 0. The molecule has 6 heteroatoms. The van der Waals surface area contributed by atoms with Crippen LogP contribution in [0.3, 0.4) is 0 Å². The molecule has 3 N–H and O–H groups in total. The van der Waals surface area contributed by atoms with Crippen molar-refractivity contribution in [3.8, 4) is 0 Å². The Kier molecular flexibility index (Phi) is 11.5. The van der Waals surface area contributed by atoms with Crippen molar-refractivity contribution in [3.05, 3.63) is 29.8 Å². The molecule has 0 aliphatic rings. The van der Waals surface area contributed by atoms with Crippen LogP contribution in [0.2, 0.25) is 0 Å². The van der Waals surface area contributed by atoms with Crippen LogP contribution in [0.5, 0.6) is 0 Å². The molecule has 0 saturated heterocycles. The fraction of sp³-hybridized carbons (Fsp3) is 0.529. The van der Waals surface area contributed by atoms with E-state index < -0.39 is 0 Å². The van der Waals surface area contributed by atoms with Gasteiger partial charge in [0.25, 0.3) is 0 Å². The molecule has 1 aromatic rings. The number of carbonyl (C=O) groups is 1. The van der Waals surface area contributed by atoms with Crippen LogP contribution < -0.4 is 16.0 Å². The number of halogens is 1. The van der Waals surface area contributed by atoms with Crippen molar-refractivity contribution in [3.63, 3.8) is 0 Å². The van der Waals surface area contributed by atoms with Crippen molar-refractivity contribution < 1.29 is 4.79 Å². The average Bonchev–Trinajstić information content (AvgIpc) is 2.45. The molecule has 5 nitrogen and oxygen atoms in total. The number of hydrogen-bond donors (Lipinski definition) is 3. The third-order valence-electron chi connectivity index (χ3n) is 2.88. The first kappa shape index (κ1) is 21.7. The van der Waals surface area contributed by atoms with E-state index in [1.165, 1.54) is 0 Å². The number of anilines is 1. The quantitative estimate of drug-likeness (QED) is 0.351. The van der Waals surface area contributed by atoms with Crippen LogP contribution in [0, 0.1) is 0 Å². The number of benzene rings is 1. The van der Waals surface area contributed by atoms with E-state index in [1.54, 1.807) is 0 Å². The van der Waals surface area contributed by atoms with Gasteiger partial charge in [-0.3, -0.25) is 4.79 Å². The number of aliphatic imine (C=N–C) groups is 1. The SMILES string of the molecule is CCCC(=O)Nc1cccc(CN=C(NCC)NC(C)C)c1.I. The molecule has 23 heavy (non-hydrogen) atoms. The first-order valence-corrected chi connectivity index (χ1v) is 7.98. The molecular formula is C17H29IN4O. The van der Waals surface area contributed by atoms with Gasteiger partial charge < -0.3 is 16.0 Å². The molecule has 0 atom stereocenters. The third-order valence-corrected chi connectivity index (χ3v) is 2.88. The van der Waals surface area contributed by atoms with Gasteiger partial charge in [0, 0.05) is 24.7 Å². The Bertz CT molecular complexity index is 503. The van der Waals surface area contributed by atoms with E-state index in [2.05, 4.69) is 34.8 Å². The van der Waals surface area contributed by atoms with E-state index in [0.717, 1.165) is 30.2 Å². The van der Waals surface area contributed by atoms with Crippen LogP contribution in [0.1, 0.15) is 46.1 Å². The van der Waals surface area contributed by atoms with Crippen molar-refractivity contribution in [1.82, 2.24) is 10.6 Å². The zero-order valence-corrected chi connectivity index (χ0v) is 16.8. The molecule has 1 aromatic carbocycles. The lowest BCUT2D eigenvalue weighted by molar-refractivity contribution is -0.116. The van der Waals surface area contributed by atoms with Crippen molar-refractivity contribution in [1.29, 1.82) is 0 Å². The van der Waals surface area contributed by atoms with Crippen LogP contribution in [-0.4, -0.2) is 24.5 Å². The predicted molar refractivity (Wildman–Crippen MR) is 108 cm³/mol. The number of nitrogens with zero attached hydrogens (tertiary/aromatic N) is 1. The van der Waals surface area contributed by atoms with Crippen LogP contribution in [-0.2, 0) is 11.3 Å². The fourth-order valence-electron chi connectivity index (χ4n) is 1.96. The normalized spacial score (nSPS) is 10.9. The zero-order chi connectivity index (χ0) is 16.4. The summed E-state index contributed by atoms with van der Waals surface area (Å²) in [5.74, 6) is 0.857. The molecule has 0 bridgehead atoms. The Morgan fingerprint density at radius 2 is 2.00 bits per heavy atom. The molecule has 0 spiro atoms. The molecule has 0 aliphatic heterocycles. The Morgan fingerprint density at radius 1 is 1.26 bits per heavy atom. The number of hydrogen-bond acceptors (Lipinski definition) is 2. The molecule has 0 aromatic heterocycles. The van der Waals surface area contributed by atoms with E-state index in [-0.39, 0.29) is 29.9 Å². The third kappa shape index (κ3) is 9.43. The Morgan fingerprint density at radius 3 is 2.61 bits per heavy atom. The average molecular weight is 432 g/mol. The largest absolute Gasteiger partial charge is 0.357 e. The van der Waals surface area contributed by atoms with Crippen LogP contribution in [0.15, 0.2) is 29.3 Å². The second-order valence-electron chi connectivity index (χ2n) is 5.49. The fourth-order valence-corrected chi connectivity index (χ4v) is 1.96. The summed E-state index contributed by atoms with van der Waals surface area (Å²) in [4.78, 5) is 16.2. The Hall–Kier alpha value is -1.31. The zero-order valence-electron chi connectivity index (χ0n) is 14.5. The summed E-state index contributed by atoms with van der Waals surface area (Å²) in [6, 6.07) is 8.15. The van der Waals surface area contributed by atoms with Gasteiger partial charge in [0.15, 0.2) is 5.96 Å². The van der Waals surface area contributed by atoms with Gasteiger partial charge in [-0.25, -0.2) is 4.99 Å². The summed E-state index contributed by atoms with van der Waals surface area (Å²) >= 11 is 0. The van der Waals surface area contributed by atoms with Gasteiger partial charge in [-0.05, 0) is 44.9 Å². The second-order valence-corrected chi connectivity index (χ2v) is 5.49. The lowest BCUT2D eigenvalue weighted by Gasteiger charge is -2.14. The lowest BCUT2D eigenvalue weighted by atomic mass is 10.2. The monoisotopic (exact) mass is 432 g/mol. The summed E-state index contributed by atoms with van der Waals surface area (Å²) in [5.41, 5.74) is 1.89. The van der Waals surface area contributed by atoms with E-state index in [1.807, 2.05) is 38.1 Å². The molecule has 0 unspecified atom stereocenters. The van der Waals surface area contributed by atoms with Gasteiger partial charge in [-0.15, -0.1) is 24.0 Å². The van der Waals surface area contributed by atoms with Crippen LogP contribution >= 0.6 is 24.0 Å². The Labute approximate surface area is 156 Å². The highest BCUT2D eigenvalue weighted by Gasteiger charge is 2.03. The minimum atomic E-state index is 0. The molecule has 0 fully saturated rings. The van der Waals surface area contributed by atoms with Gasteiger partial charge >= 0.3 is 0 Å². The van der Waals surface area contributed by atoms with Crippen LogP contribution in [0.4, 0.5) is 5.69 Å². The highest BCUT2D eigenvalue weighted by molar-refractivity contribution is 14.0. The maximum absolute atomic E-state index is 11.6. The molecule has 0 aliphatic carbocycles. The molecular weight excluding hydrogens is 403 g/mol. The first-order valence-electron chi connectivity index (χ1n) is 7.98. The summed E-state index contributed by atoms with van der Waals surface area (Å²) < 4.78 is 0. The van der Waals surface area contributed by atoms with Crippen molar-refractivity contribution in [2.45, 2.75) is 53.1 Å². The van der Waals surface area contributed by atoms with Crippen molar-refractivity contribution in [2.24, 2.45) is 4.99 Å². The molecule has 1 amide bonds. The lowest BCUT2D eigenvalue weighted by Crippen LogP contribution is -2.40. The number of guanidine groups is 1. The minimum absolute atomic E-state index is 0. The highest BCUT2D eigenvalue weighted by atomic mass is 127. The second kappa shape index (κ2) is 12.2. The standard InChI is InChI=1S/C17H28N4O.HI/c1-5-8-16(22)21-15-10-7-9-14(11-15)12-19-17(18-6-2)20-13(3)4;/h7,9-11,13H,5-6,8,12H2,1-4H3,(H,21,22)(H2,18,19,20);1H. The first-order chi connectivity index (χ1) is 10.5. The Balaban J connectivity index is 0.00000484. The van der Waals surface area contributed by atoms with E-state index in [0.29, 0.717) is 19.0 Å². The maximum Gasteiger partial charge on any atom is 0.224 e. The van der Waals surface area contributed by atoms with Gasteiger partial charge in [0.05, 0.1) is 6.54 Å². The van der Waals surface area contributed by atoms with E-state index >= 15 is 0 Å². The van der Waals surface area contributed by atoms with Crippen molar-refractivity contribution in [2.75, 3.05) is 11.9 Å². The maximum atomic E-state index is 11.6. The number of rotatable bonds is 7. The van der Waals surface area contributed by atoms with E-state index in [9.17, 15) is 4.79 Å². The number of nitrogens with one attached hydrogen (secondary N) is 3. The molecule has 130 valence electrons. The van der Waals surface area contributed by atoms with Gasteiger partial charge in [0.1, 0.15) is 0 Å². The van der Waals surface area contributed by atoms with Gasteiger partial charge in [0.2, 0.25) is 5.91 Å². The smallest absolute Gasteiger partial charge is 0.224 e. The molecule has 0 radical (unpaired) electrons. The summed E-state index contributed by atoms with van der Waals surface area (Å²) in [6.45, 7) is 9.59. The van der Waals surface area contributed by atoms with Crippen molar-refractivity contribution >= 4 is 41.5 Å². The molecule has 0 heterocycles. The minimum Gasteiger partial charge on any atom is -0.357 e. The van der Waals surface area contributed by atoms with Gasteiger partial charge in [-0.1, -0.05) is 19.1 Å². The highest BCUT2D eigenvalue weighted by Crippen LogP contribution is 2.12. The summed E-state index contributed by atoms with van der Waals surface area (Å²) in [6.07, 6.45) is 1.40. The van der Waals surface area contributed by atoms with Gasteiger partial charge in [-0.2, -0.15) is 0 Å². The summed E-state index contributed by atoms with van der Waals surface area (Å²) in [5, 5.41) is 9.41. The van der Waals surface area contributed by atoms with E-state index in [4.69, 9.17) is 0 Å². The predicted octanol–water partition coefficient (Wildman–Crippen LogP) is 3.51. The topological polar surface area (TPSA) is 65.5 Å².